The third-order valence-electron chi connectivity index (χ3n) is 4.72. The van der Waals surface area contributed by atoms with Gasteiger partial charge in [-0.15, -0.1) is 0 Å². The van der Waals surface area contributed by atoms with Crippen molar-refractivity contribution >= 4 is 0 Å². The largest absolute Gasteiger partial charge is 0.496 e. The van der Waals surface area contributed by atoms with Crippen molar-refractivity contribution in [3.63, 3.8) is 0 Å². The lowest BCUT2D eigenvalue weighted by molar-refractivity contribution is -0.116. The molecule has 3 nitrogen and oxygen atoms in total. The van der Waals surface area contributed by atoms with Crippen molar-refractivity contribution in [1.29, 1.82) is 0 Å². The number of aryl methyl sites for hydroxylation is 2. The molecule has 1 aromatic rings. The second kappa shape index (κ2) is 4.80. The zero-order chi connectivity index (χ0) is 14.3. The Morgan fingerprint density at radius 2 is 1.79 bits per heavy atom. The first-order chi connectivity index (χ1) is 8.88. The Morgan fingerprint density at radius 1 is 1.26 bits per heavy atom. The second-order valence-corrected chi connectivity index (χ2v) is 6.31. The monoisotopic (exact) mass is 263 g/mol. The summed E-state index contributed by atoms with van der Waals surface area (Å²) in [5.74, 6) is 0.977. The Morgan fingerprint density at radius 3 is 2.11 bits per heavy atom. The number of methoxy groups -OCH3 is 1. The molecular formula is C16H25NO2. The van der Waals surface area contributed by atoms with Crippen LogP contribution in [0.3, 0.4) is 0 Å². The fourth-order valence-electron chi connectivity index (χ4n) is 3.00. The first kappa shape index (κ1) is 14.4. The van der Waals surface area contributed by atoms with Gasteiger partial charge in [0.2, 0.25) is 0 Å². The van der Waals surface area contributed by atoms with E-state index in [-0.39, 0.29) is 10.8 Å². The van der Waals surface area contributed by atoms with E-state index in [1.54, 1.807) is 7.11 Å². The number of benzene rings is 1. The average molecular weight is 263 g/mol. The molecule has 2 rings (SSSR count). The molecule has 1 aliphatic rings. The van der Waals surface area contributed by atoms with Crippen molar-refractivity contribution < 1.29 is 9.47 Å². The molecule has 1 aromatic carbocycles. The molecule has 0 bridgehead atoms. The zero-order valence-electron chi connectivity index (χ0n) is 12.7. The molecule has 0 saturated carbocycles. The molecule has 1 aliphatic heterocycles. The number of ether oxygens (including phenoxy) is 2. The summed E-state index contributed by atoms with van der Waals surface area (Å²) in [6.45, 7) is 10.8. The summed E-state index contributed by atoms with van der Waals surface area (Å²) in [4.78, 5) is 0. The summed E-state index contributed by atoms with van der Waals surface area (Å²) < 4.78 is 11.0. The molecule has 0 amide bonds. The highest BCUT2D eigenvalue weighted by Gasteiger charge is 2.51. The molecule has 0 aliphatic carbocycles. The fraction of sp³-hybridized carbons (Fsp3) is 0.625. The standard InChI is InChI=1S/C16H25NO2/c1-11-6-13(7-12(2)14(11)18-5)16(9-19-10-16)15(3,4)8-17/h6-7H,8-10,17H2,1-5H3. The van der Waals surface area contributed by atoms with Gasteiger partial charge in [-0.05, 0) is 42.5 Å². The molecule has 19 heavy (non-hydrogen) atoms. The van der Waals surface area contributed by atoms with Crippen LogP contribution in [0.15, 0.2) is 12.1 Å². The van der Waals surface area contributed by atoms with Crippen LogP contribution in [0.4, 0.5) is 0 Å². The molecule has 0 spiro atoms. The summed E-state index contributed by atoms with van der Waals surface area (Å²) in [5.41, 5.74) is 9.73. The van der Waals surface area contributed by atoms with Crippen LogP contribution < -0.4 is 10.5 Å². The number of hydrogen-bond acceptors (Lipinski definition) is 3. The predicted molar refractivity (Wildman–Crippen MR) is 77.8 cm³/mol. The molecular weight excluding hydrogens is 238 g/mol. The first-order valence-corrected chi connectivity index (χ1v) is 6.81. The summed E-state index contributed by atoms with van der Waals surface area (Å²) in [6.07, 6.45) is 0. The summed E-state index contributed by atoms with van der Waals surface area (Å²) in [6, 6.07) is 4.46. The van der Waals surface area contributed by atoms with E-state index in [4.69, 9.17) is 15.2 Å². The Kier molecular flexibility index (Phi) is 3.63. The molecule has 1 saturated heterocycles. The van der Waals surface area contributed by atoms with Gasteiger partial charge < -0.3 is 15.2 Å². The minimum Gasteiger partial charge on any atom is -0.496 e. The minimum absolute atomic E-state index is 0.0265. The van der Waals surface area contributed by atoms with Crippen LogP contribution in [-0.4, -0.2) is 26.9 Å². The number of rotatable bonds is 4. The number of hydrogen-bond donors (Lipinski definition) is 1. The highest BCUT2D eigenvalue weighted by atomic mass is 16.5. The van der Waals surface area contributed by atoms with Gasteiger partial charge in [0.05, 0.1) is 20.3 Å². The van der Waals surface area contributed by atoms with E-state index in [0.717, 1.165) is 19.0 Å². The maximum Gasteiger partial charge on any atom is 0.124 e. The maximum absolute atomic E-state index is 5.99. The van der Waals surface area contributed by atoms with E-state index < -0.39 is 0 Å². The van der Waals surface area contributed by atoms with E-state index in [0.29, 0.717) is 6.54 Å². The molecule has 0 aromatic heterocycles. The van der Waals surface area contributed by atoms with Gasteiger partial charge >= 0.3 is 0 Å². The molecule has 1 fully saturated rings. The Bertz CT molecular complexity index is 453. The van der Waals surface area contributed by atoms with Crippen LogP contribution in [0.2, 0.25) is 0 Å². The topological polar surface area (TPSA) is 44.5 Å². The third kappa shape index (κ3) is 2.05. The van der Waals surface area contributed by atoms with Crippen molar-refractivity contribution in [2.24, 2.45) is 11.1 Å². The number of nitrogens with two attached hydrogens (primary N) is 1. The Labute approximate surface area is 116 Å². The van der Waals surface area contributed by atoms with Gasteiger partial charge in [-0.3, -0.25) is 0 Å². The second-order valence-electron chi connectivity index (χ2n) is 6.31. The summed E-state index contributed by atoms with van der Waals surface area (Å²) in [5, 5.41) is 0. The predicted octanol–water partition coefficient (Wildman–Crippen LogP) is 2.56. The van der Waals surface area contributed by atoms with Crippen molar-refractivity contribution in [2.45, 2.75) is 33.1 Å². The lowest BCUT2D eigenvalue weighted by Crippen LogP contribution is -2.59. The Balaban J connectivity index is 2.51. The SMILES string of the molecule is COc1c(C)cc(C2(C(C)(C)CN)COC2)cc1C. The van der Waals surface area contributed by atoms with E-state index in [9.17, 15) is 0 Å². The Hall–Kier alpha value is -1.06. The van der Waals surface area contributed by atoms with Crippen LogP contribution >= 0.6 is 0 Å². The van der Waals surface area contributed by atoms with E-state index >= 15 is 0 Å². The highest BCUT2D eigenvalue weighted by Crippen LogP contribution is 2.48. The fourth-order valence-corrected chi connectivity index (χ4v) is 3.00. The van der Waals surface area contributed by atoms with Gasteiger partial charge in [0.15, 0.2) is 0 Å². The molecule has 106 valence electrons. The lowest BCUT2D eigenvalue weighted by Gasteiger charge is -2.52. The van der Waals surface area contributed by atoms with Crippen molar-refractivity contribution in [1.82, 2.24) is 0 Å². The van der Waals surface area contributed by atoms with Gasteiger partial charge in [-0.25, -0.2) is 0 Å². The van der Waals surface area contributed by atoms with Crippen LogP contribution in [0, 0.1) is 19.3 Å². The zero-order valence-corrected chi connectivity index (χ0v) is 12.7. The average Bonchev–Trinajstić information content (AvgIpc) is 2.26. The molecule has 0 atom stereocenters. The van der Waals surface area contributed by atoms with Crippen LogP contribution in [-0.2, 0) is 10.2 Å². The third-order valence-corrected chi connectivity index (χ3v) is 4.72. The van der Waals surface area contributed by atoms with Crippen LogP contribution in [0.5, 0.6) is 5.75 Å². The molecule has 3 heteroatoms. The summed E-state index contributed by atoms with van der Waals surface area (Å²) in [7, 11) is 1.72. The van der Waals surface area contributed by atoms with Crippen LogP contribution in [0.1, 0.15) is 30.5 Å². The maximum atomic E-state index is 5.99. The van der Waals surface area contributed by atoms with Gasteiger partial charge in [0, 0.05) is 5.41 Å². The van der Waals surface area contributed by atoms with Gasteiger partial charge in [-0.2, -0.15) is 0 Å². The molecule has 0 unspecified atom stereocenters. The minimum atomic E-state index is 0.0265. The van der Waals surface area contributed by atoms with E-state index in [2.05, 4.69) is 39.8 Å². The summed E-state index contributed by atoms with van der Waals surface area (Å²) >= 11 is 0. The quantitative estimate of drug-likeness (QED) is 0.908. The lowest BCUT2D eigenvalue weighted by atomic mass is 9.60. The van der Waals surface area contributed by atoms with E-state index in [1.807, 2.05) is 0 Å². The first-order valence-electron chi connectivity index (χ1n) is 6.81. The van der Waals surface area contributed by atoms with Crippen LogP contribution in [0.25, 0.3) is 0 Å². The normalized spacial score (nSPS) is 18.0. The molecule has 2 N–H and O–H groups in total. The van der Waals surface area contributed by atoms with Gasteiger partial charge in [-0.1, -0.05) is 26.0 Å². The van der Waals surface area contributed by atoms with E-state index in [1.165, 1.54) is 16.7 Å². The molecule has 0 radical (unpaired) electrons. The molecule has 1 heterocycles. The highest BCUT2D eigenvalue weighted by molar-refractivity contribution is 5.47. The van der Waals surface area contributed by atoms with Crippen molar-refractivity contribution in [2.75, 3.05) is 26.9 Å². The van der Waals surface area contributed by atoms with Crippen molar-refractivity contribution in [3.8, 4) is 5.75 Å². The van der Waals surface area contributed by atoms with Gasteiger partial charge in [0.1, 0.15) is 5.75 Å². The smallest absolute Gasteiger partial charge is 0.124 e. The van der Waals surface area contributed by atoms with Crippen molar-refractivity contribution in [3.05, 3.63) is 28.8 Å². The van der Waals surface area contributed by atoms with Gasteiger partial charge in [0.25, 0.3) is 0 Å².